The Balaban J connectivity index is 1.91. The van der Waals surface area contributed by atoms with E-state index in [4.69, 9.17) is 14.2 Å². The van der Waals surface area contributed by atoms with E-state index in [9.17, 15) is 35.9 Å². The average Bonchev–Trinajstić information content (AvgIpc) is 3.49. The van der Waals surface area contributed by atoms with Gasteiger partial charge in [0.2, 0.25) is 0 Å². The Morgan fingerprint density at radius 1 is 0.917 bits per heavy atom. The van der Waals surface area contributed by atoms with Crippen molar-refractivity contribution in [2.24, 2.45) is 4.99 Å². The van der Waals surface area contributed by atoms with Crippen molar-refractivity contribution in [2.45, 2.75) is 50.5 Å². The molecule has 0 bridgehead atoms. The third-order valence-electron chi connectivity index (χ3n) is 7.67. The van der Waals surface area contributed by atoms with E-state index in [0.717, 1.165) is 20.4 Å². The highest BCUT2D eigenvalue weighted by Crippen LogP contribution is 2.41. The maximum absolute atomic E-state index is 13.7. The number of halogens is 6. The van der Waals surface area contributed by atoms with Crippen LogP contribution in [-0.4, -0.2) is 65.5 Å². The van der Waals surface area contributed by atoms with Crippen molar-refractivity contribution in [2.75, 3.05) is 27.9 Å². The van der Waals surface area contributed by atoms with Gasteiger partial charge in [-0.1, -0.05) is 0 Å². The van der Waals surface area contributed by atoms with Gasteiger partial charge in [-0.05, 0) is 62.2 Å². The summed E-state index contributed by atoms with van der Waals surface area (Å²) in [6.45, 7) is 3.32. The molecule has 4 rings (SSSR count). The minimum Gasteiger partial charge on any atom is -0.496 e. The number of hydrogen-bond donors (Lipinski definition) is 0. The first kappa shape index (κ1) is 35.8. The highest BCUT2D eigenvalue weighted by Gasteiger charge is 2.44. The number of ether oxygens (including phenoxy) is 3. The van der Waals surface area contributed by atoms with Gasteiger partial charge < -0.3 is 18.8 Å². The van der Waals surface area contributed by atoms with Crippen LogP contribution in [0.2, 0.25) is 0 Å². The first-order valence-electron chi connectivity index (χ1n) is 14.4. The van der Waals surface area contributed by atoms with E-state index in [-0.39, 0.29) is 36.3 Å². The zero-order valence-corrected chi connectivity index (χ0v) is 26.4. The number of esters is 2. The van der Waals surface area contributed by atoms with Gasteiger partial charge in [0, 0.05) is 29.8 Å². The number of rotatable bonds is 11. The highest BCUT2D eigenvalue weighted by atomic mass is 19.4. The van der Waals surface area contributed by atoms with Crippen LogP contribution in [0, 0.1) is 0 Å². The van der Waals surface area contributed by atoms with Crippen molar-refractivity contribution in [3.05, 3.63) is 71.3 Å². The van der Waals surface area contributed by atoms with E-state index in [1.807, 2.05) is 18.4 Å². The molecule has 0 radical (unpaired) electrons. The molecule has 0 spiro atoms. The summed E-state index contributed by atoms with van der Waals surface area (Å²) in [5, 5.41) is 0. The number of aromatic nitrogens is 4. The molecule has 4 aromatic rings. The first-order valence-corrected chi connectivity index (χ1v) is 14.4. The lowest BCUT2D eigenvalue weighted by atomic mass is 9.75. The Labute approximate surface area is 270 Å². The summed E-state index contributed by atoms with van der Waals surface area (Å²) in [6.07, 6.45) is -7.03. The average molecular weight is 680 g/mol. The number of imidazole rings is 1. The van der Waals surface area contributed by atoms with Gasteiger partial charge in [-0.15, -0.1) is 0 Å². The molecule has 2 aromatic heterocycles. The Morgan fingerprint density at radius 3 is 2.15 bits per heavy atom. The van der Waals surface area contributed by atoms with Crippen LogP contribution in [0.25, 0.3) is 22.4 Å². The summed E-state index contributed by atoms with van der Waals surface area (Å²) in [6, 6.07) is 5.79. The molecule has 0 N–H and O–H groups in total. The lowest BCUT2D eigenvalue weighted by molar-refractivity contribution is -0.149. The Hall–Kier alpha value is -5.02. The van der Waals surface area contributed by atoms with Crippen LogP contribution in [0.3, 0.4) is 0 Å². The Morgan fingerprint density at radius 2 is 1.58 bits per heavy atom. The summed E-state index contributed by atoms with van der Waals surface area (Å²) >= 11 is 0. The molecule has 0 amide bonds. The molecule has 2 aromatic carbocycles. The third kappa shape index (κ3) is 7.42. The van der Waals surface area contributed by atoms with Gasteiger partial charge in [-0.25, -0.2) is 15.0 Å². The van der Waals surface area contributed by atoms with Crippen molar-refractivity contribution in [3.63, 3.8) is 0 Å². The number of nitrogens with zero attached hydrogens (tertiary/aromatic N) is 5. The first-order chi connectivity index (χ1) is 22.5. The highest BCUT2D eigenvalue weighted by molar-refractivity contribution is 5.90. The molecule has 48 heavy (non-hydrogen) atoms. The van der Waals surface area contributed by atoms with Gasteiger partial charge >= 0.3 is 24.3 Å². The van der Waals surface area contributed by atoms with Crippen molar-refractivity contribution < 1.29 is 50.1 Å². The topological polar surface area (TPSA) is 118 Å². The molecule has 2 heterocycles. The van der Waals surface area contributed by atoms with Gasteiger partial charge in [-0.3, -0.25) is 14.6 Å². The Kier molecular flexibility index (Phi) is 10.4. The molecule has 1 unspecified atom stereocenters. The SMILES string of the molecule is COC(=O)CCC(CN=Cc1cc(C(F)(F)F)cc(C(F)(F)F)c1)(C(=O)OC)c1cc(-c2ncnc3c2ncn3C(C)C)ccc1OC. The fraction of sp³-hybridized carbons (Fsp3) is 0.375. The van der Waals surface area contributed by atoms with Crippen molar-refractivity contribution in [3.8, 4) is 17.0 Å². The largest absolute Gasteiger partial charge is 0.496 e. The molecule has 0 aliphatic carbocycles. The predicted octanol–water partition coefficient (Wildman–Crippen LogP) is 6.60. The lowest BCUT2D eigenvalue weighted by Crippen LogP contribution is -2.41. The van der Waals surface area contributed by atoms with Crippen LogP contribution >= 0.6 is 0 Å². The molecule has 0 aliphatic heterocycles. The Bertz CT molecular complexity index is 1800. The molecule has 1 atom stereocenters. The van der Waals surface area contributed by atoms with E-state index >= 15 is 0 Å². The van der Waals surface area contributed by atoms with Crippen LogP contribution in [0.5, 0.6) is 5.75 Å². The maximum Gasteiger partial charge on any atom is 0.416 e. The summed E-state index contributed by atoms with van der Waals surface area (Å²) < 4.78 is 98.3. The number of methoxy groups -OCH3 is 3. The minimum atomic E-state index is -5.08. The standard InChI is InChI=1S/C32H31F6N5O5/c1-18(2)43-17-42-27-26(40-16-41-28(27)43)20-6-7-24(46-3)23(12-20)30(29(45)48-5,9-8-25(44)47-4)15-39-14-19-10-21(31(33,34)35)13-22(11-19)32(36,37)38/h6-7,10-14,16-18H,8-9,15H2,1-5H3. The summed E-state index contributed by atoms with van der Waals surface area (Å²) in [5.41, 5.74) is -3.44. The quantitative estimate of drug-likeness (QED) is 0.0989. The third-order valence-corrected chi connectivity index (χ3v) is 7.67. The fourth-order valence-corrected chi connectivity index (χ4v) is 5.22. The van der Waals surface area contributed by atoms with Gasteiger partial charge in [0.25, 0.3) is 0 Å². The monoisotopic (exact) mass is 679 g/mol. The maximum atomic E-state index is 13.7. The molecule has 10 nitrogen and oxygen atoms in total. The lowest BCUT2D eigenvalue weighted by Gasteiger charge is -2.31. The van der Waals surface area contributed by atoms with Crippen LogP contribution in [-0.2, 0) is 36.8 Å². The second kappa shape index (κ2) is 14.0. The van der Waals surface area contributed by atoms with E-state index in [1.54, 1.807) is 24.5 Å². The zero-order chi connectivity index (χ0) is 35.4. The number of fused-ring (bicyclic) bond motifs is 1. The second-order valence-corrected chi connectivity index (χ2v) is 11.0. The van der Waals surface area contributed by atoms with Gasteiger partial charge in [0.1, 0.15) is 28.7 Å². The van der Waals surface area contributed by atoms with E-state index in [0.29, 0.717) is 34.6 Å². The van der Waals surface area contributed by atoms with Gasteiger partial charge in [0.05, 0.1) is 45.3 Å². The number of alkyl halides is 6. The fourth-order valence-electron chi connectivity index (χ4n) is 5.22. The molecular weight excluding hydrogens is 648 g/mol. The number of hydrogen-bond acceptors (Lipinski definition) is 9. The predicted molar refractivity (Wildman–Crippen MR) is 162 cm³/mol. The normalized spacial score (nSPS) is 13.6. The zero-order valence-electron chi connectivity index (χ0n) is 26.4. The second-order valence-electron chi connectivity index (χ2n) is 11.0. The number of aliphatic imine (C=N–C) groups is 1. The molecule has 16 heteroatoms. The summed E-state index contributed by atoms with van der Waals surface area (Å²) in [5.74, 6) is -1.46. The molecule has 0 saturated carbocycles. The smallest absolute Gasteiger partial charge is 0.416 e. The molecular formula is C32H31F6N5O5. The number of benzene rings is 2. The van der Waals surface area contributed by atoms with Crippen molar-refractivity contribution in [1.82, 2.24) is 19.5 Å². The van der Waals surface area contributed by atoms with E-state index in [1.165, 1.54) is 13.4 Å². The van der Waals surface area contributed by atoms with Crippen LogP contribution in [0.1, 0.15) is 55.0 Å². The summed E-state index contributed by atoms with van der Waals surface area (Å²) in [4.78, 5) is 43.4. The molecule has 0 aliphatic rings. The van der Waals surface area contributed by atoms with Crippen LogP contribution in [0.4, 0.5) is 26.3 Å². The van der Waals surface area contributed by atoms with E-state index < -0.39 is 52.9 Å². The molecule has 0 saturated heterocycles. The minimum absolute atomic E-state index is 0.00285. The van der Waals surface area contributed by atoms with Crippen LogP contribution in [0.15, 0.2) is 54.0 Å². The van der Waals surface area contributed by atoms with E-state index in [2.05, 4.69) is 19.9 Å². The molecule has 256 valence electrons. The number of carbonyl (C=O) groups is 2. The van der Waals surface area contributed by atoms with Crippen molar-refractivity contribution in [1.29, 1.82) is 0 Å². The van der Waals surface area contributed by atoms with Crippen LogP contribution < -0.4 is 4.74 Å². The summed E-state index contributed by atoms with van der Waals surface area (Å²) in [7, 11) is 3.56. The van der Waals surface area contributed by atoms with Crippen molar-refractivity contribution >= 4 is 29.3 Å². The number of carbonyl (C=O) groups excluding carboxylic acids is 2. The van der Waals surface area contributed by atoms with Gasteiger partial charge in [0.15, 0.2) is 5.65 Å². The van der Waals surface area contributed by atoms with Gasteiger partial charge in [-0.2, -0.15) is 26.3 Å². The molecule has 0 fully saturated rings.